The van der Waals surface area contributed by atoms with E-state index in [0.717, 1.165) is 0 Å². The van der Waals surface area contributed by atoms with E-state index in [9.17, 15) is 14.9 Å². The van der Waals surface area contributed by atoms with Crippen molar-refractivity contribution in [2.45, 2.75) is 4.84 Å². The molecule has 0 aliphatic rings. The van der Waals surface area contributed by atoms with Crippen molar-refractivity contribution >= 4 is 46.0 Å². The second-order valence-corrected chi connectivity index (χ2v) is 4.33. The van der Waals surface area contributed by atoms with Gasteiger partial charge in [-0.1, -0.05) is 35.3 Å². The van der Waals surface area contributed by atoms with E-state index in [0.29, 0.717) is 5.39 Å². The fourth-order valence-corrected chi connectivity index (χ4v) is 1.44. The van der Waals surface area contributed by atoms with Gasteiger partial charge in [-0.05, 0) is 6.07 Å². The van der Waals surface area contributed by atoms with Crippen LogP contribution in [-0.2, 0) is 4.79 Å². The summed E-state index contributed by atoms with van der Waals surface area (Å²) in [5.74, 6) is -1.30. The summed E-state index contributed by atoms with van der Waals surface area (Å²) in [7, 11) is 0. The summed E-state index contributed by atoms with van der Waals surface area (Å²) in [5.41, 5.74) is 0.0894. The lowest BCUT2D eigenvalue weighted by Crippen LogP contribution is -2.15. The van der Waals surface area contributed by atoms with Crippen molar-refractivity contribution in [2.75, 3.05) is 0 Å². The third kappa shape index (κ3) is 2.39. The number of nitro groups is 1. The quantitative estimate of drug-likeness (QED) is 0.285. The summed E-state index contributed by atoms with van der Waals surface area (Å²) < 4.78 is 9.84. The van der Waals surface area contributed by atoms with Crippen LogP contribution in [0.4, 0.5) is 5.88 Å². The minimum absolute atomic E-state index is 0.0249. The molecular formula is C10H5Cl2NO5. The highest BCUT2D eigenvalue weighted by Gasteiger charge is 2.20. The first-order chi connectivity index (χ1) is 8.49. The molecule has 2 rings (SSSR count). The number of rotatable bonds is 3. The lowest BCUT2D eigenvalue weighted by atomic mass is 10.2. The Labute approximate surface area is 110 Å². The van der Waals surface area contributed by atoms with Crippen molar-refractivity contribution in [2.24, 2.45) is 0 Å². The van der Waals surface area contributed by atoms with E-state index < -0.39 is 21.6 Å². The molecule has 6 nitrogen and oxygen atoms in total. The summed E-state index contributed by atoms with van der Waals surface area (Å²) in [6, 6.07) is 5.79. The fraction of sp³-hybridized carbons (Fsp3) is 0.100. The van der Waals surface area contributed by atoms with Crippen molar-refractivity contribution in [1.29, 1.82) is 0 Å². The standard InChI is InChI=1S/C10H5Cl2NO5/c11-9(12)10(14)17-6-3-1-2-5-4-7(13(15)16)18-8(5)6/h1-4,9H. The molecule has 1 heterocycles. The zero-order valence-corrected chi connectivity index (χ0v) is 10.1. The number of ether oxygens (including phenoxy) is 1. The molecule has 8 heteroatoms. The average molecular weight is 290 g/mol. The van der Waals surface area contributed by atoms with Gasteiger partial charge in [0.05, 0.1) is 6.07 Å². The Morgan fingerprint density at radius 2 is 2.17 bits per heavy atom. The molecule has 1 aromatic heterocycles. The van der Waals surface area contributed by atoms with Crippen molar-refractivity contribution in [3.8, 4) is 5.75 Å². The highest BCUT2D eigenvalue weighted by atomic mass is 35.5. The third-order valence-electron chi connectivity index (χ3n) is 2.06. The summed E-state index contributed by atoms with van der Waals surface area (Å²) in [6.45, 7) is 0. The summed E-state index contributed by atoms with van der Waals surface area (Å²) in [5, 5.41) is 11.0. The van der Waals surface area contributed by atoms with Crippen LogP contribution in [-0.4, -0.2) is 15.7 Å². The van der Waals surface area contributed by atoms with E-state index in [4.69, 9.17) is 32.4 Å². The number of carbonyl (C=O) groups excluding carboxylic acids is 1. The molecule has 0 aliphatic carbocycles. The van der Waals surface area contributed by atoms with Gasteiger partial charge in [-0.15, -0.1) is 0 Å². The van der Waals surface area contributed by atoms with E-state index in [1.165, 1.54) is 12.1 Å². The minimum Gasteiger partial charge on any atom is -0.420 e. The van der Waals surface area contributed by atoms with Gasteiger partial charge in [-0.25, -0.2) is 4.79 Å². The summed E-state index contributed by atoms with van der Waals surface area (Å²) >= 11 is 10.7. The van der Waals surface area contributed by atoms with Crippen LogP contribution in [0.2, 0.25) is 0 Å². The molecular weight excluding hydrogens is 285 g/mol. The molecule has 0 fully saturated rings. The first kappa shape index (κ1) is 12.7. The Morgan fingerprint density at radius 1 is 1.44 bits per heavy atom. The molecule has 0 bridgehead atoms. The largest absolute Gasteiger partial charge is 0.434 e. The minimum atomic E-state index is -1.34. The molecule has 0 unspecified atom stereocenters. The SMILES string of the molecule is O=C(Oc1cccc2cc([N+](=O)[O-])oc12)C(Cl)Cl. The first-order valence-corrected chi connectivity index (χ1v) is 5.53. The molecule has 0 aliphatic heterocycles. The zero-order valence-electron chi connectivity index (χ0n) is 8.63. The molecule has 1 aromatic carbocycles. The van der Waals surface area contributed by atoms with Crippen LogP contribution in [0.5, 0.6) is 5.75 Å². The second-order valence-electron chi connectivity index (χ2n) is 3.24. The topological polar surface area (TPSA) is 82.6 Å². The molecule has 0 saturated carbocycles. The maximum absolute atomic E-state index is 11.2. The number of benzene rings is 1. The maximum Gasteiger partial charge on any atom is 0.434 e. The normalized spacial score (nSPS) is 10.8. The van der Waals surface area contributed by atoms with Gasteiger partial charge in [0, 0.05) is 5.39 Å². The van der Waals surface area contributed by atoms with Crippen LogP contribution in [0.1, 0.15) is 0 Å². The predicted molar refractivity (Wildman–Crippen MR) is 64.0 cm³/mol. The number of fused-ring (bicyclic) bond motifs is 1. The molecule has 0 saturated heterocycles. The van der Waals surface area contributed by atoms with Crippen LogP contribution in [0, 0.1) is 10.1 Å². The molecule has 2 aromatic rings. The van der Waals surface area contributed by atoms with Crippen LogP contribution in [0.3, 0.4) is 0 Å². The van der Waals surface area contributed by atoms with Gasteiger partial charge in [-0.2, -0.15) is 0 Å². The Hall–Kier alpha value is -1.79. The van der Waals surface area contributed by atoms with Gasteiger partial charge in [0.15, 0.2) is 11.3 Å². The van der Waals surface area contributed by atoms with Crippen molar-refractivity contribution in [3.63, 3.8) is 0 Å². The number of nitrogens with zero attached hydrogens (tertiary/aromatic N) is 1. The number of hydrogen-bond acceptors (Lipinski definition) is 5. The van der Waals surface area contributed by atoms with Crippen LogP contribution < -0.4 is 4.74 Å². The summed E-state index contributed by atoms with van der Waals surface area (Å²) in [6.07, 6.45) is 0. The number of alkyl halides is 2. The molecule has 18 heavy (non-hydrogen) atoms. The van der Waals surface area contributed by atoms with E-state index in [-0.39, 0.29) is 11.3 Å². The Bertz CT molecular complexity index is 622. The number of hydrogen-bond donors (Lipinski definition) is 0. The second kappa shape index (κ2) is 4.83. The number of carbonyl (C=O) groups is 1. The smallest absolute Gasteiger partial charge is 0.420 e. The molecule has 0 amide bonds. The molecule has 0 spiro atoms. The fourth-order valence-electron chi connectivity index (χ4n) is 1.35. The molecule has 0 radical (unpaired) electrons. The van der Waals surface area contributed by atoms with Gasteiger partial charge in [0.1, 0.15) is 4.92 Å². The average Bonchev–Trinajstić information content (AvgIpc) is 2.73. The van der Waals surface area contributed by atoms with Crippen molar-refractivity contribution in [3.05, 3.63) is 34.4 Å². The Kier molecular flexibility index (Phi) is 3.40. The van der Waals surface area contributed by atoms with E-state index in [2.05, 4.69) is 0 Å². The molecule has 94 valence electrons. The summed E-state index contributed by atoms with van der Waals surface area (Å²) in [4.78, 5) is 19.8. The van der Waals surface area contributed by atoms with Crippen LogP contribution in [0.25, 0.3) is 11.0 Å². The number of halogens is 2. The van der Waals surface area contributed by atoms with Gasteiger partial charge < -0.3 is 9.15 Å². The number of furan rings is 1. The van der Waals surface area contributed by atoms with Gasteiger partial charge in [0.2, 0.25) is 4.84 Å². The predicted octanol–water partition coefficient (Wildman–Crippen LogP) is 3.05. The van der Waals surface area contributed by atoms with E-state index >= 15 is 0 Å². The van der Waals surface area contributed by atoms with Crippen molar-refractivity contribution < 1.29 is 18.9 Å². The number of para-hydroxylation sites is 1. The van der Waals surface area contributed by atoms with Gasteiger partial charge in [-0.3, -0.25) is 10.1 Å². The Balaban J connectivity index is 2.45. The maximum atomic E-state index is 11.2. The lowest BCUT2D eigenvalue weighted by Gasteiger charge is -2.04. The van der Waals surface area contributed by atoms with Crippen molar-refractivity contribution in [1.82, 2.24) is 0 Å². The van der Waals surface area contributed by atoms with Crippen LogP contribution >= 0.6 is 23.2 Å². The highest BCUT2D eigenvalue weighted by Crippen LogP contribution is 2.32. The van der Waals surface area contributed by atoms with E-state index in [1.54, 1.807) is 12.1 Å². The zero-order chi connectivity index (χ0) is 13.3. The van der Waals surface area contributed by atoms with Gasteiger partial charge in [0.25, 0.3) is 0 Å². The lowest BCUT2D eigenvalue weighted by molar-refractivity contribution is -0.401. The highest BCUT2D eigenvalue weighted by molar-refractivity contribution is 6.53. The first-order valence-electron chi connectivity index (χ1n) is 4.66. The monoisotopic (exact) mass is 289 g/mol. The Morgan fingerprint density at radius 3 is 2.78 bits per heavy atom. The number of esters is 1. The molecule has 0 N–H and O–H groups in total. The van der Waals surface area contributed by atoms with Gasteiger partial charge >= 0.3 is 11.9 Å². The third-order valence-corrected chi connectivity index (χ3v) is 2.42. The molecule has 0 atom stereocenters. The van der Waals surface area contributed by atoms with Crippen LogP contribution in [0.15, 0.2) is 28.7 Å². The van der Waals surface area contributed by atoms with E-state index in [1.807, 2.05) is 0 Å².